The molecular weight excluding hydrogens is 576 g/mol. The van der Waals surface area contributed by atoms with Crippen molar-refractivity contribution in [2.24, 2.45) is 15.9 Å². The molecule has 2 saturated heterocycles. The molecule has 0 radical (unpaired) electrons. The molecule has 2 aromatic rings. The van der Waals surface area contributed by atoms with E-state index in [9.17, 15) is 22.6 Å². The second-order valence-corrected chi connectivity index (χ2v) is 12.0. The Hall–Kier alpha value is -3.80. The Kier molecular flexibility index (Phi) is 9.11. The fraction of sp³-hybridized carbons (Fsp3) is 0.458. The monoisotopic (exact) mass is 608 g/mol. The number of oxime groups is 1. The van der Waals surface area contributed by atoms with Crippen molar-refractivity contribution in [1.29, 1.82) is 0 Å². The molecular formula is C24H32N8O7S2. The van der Waals surface area contributed by atoms with Crippen LogP contribution in [0, 0.1) is 0 Å². The fourth-order valence-electron chi connectivity index (χ4n) is 4.45. The number of benzene rings is 1. The molecule has 2 fully saturated rings. The highest BCUT2D eigenvalue weighted by molar-refractivity contribution is 7.84. The predicted molar refractivity (Wildman–Crippen MR) is 152 cm³/mol. The molecule has 15 nitrogen and oxygen atoms in total. The van der Waals surface area contributed by atoms with E-state index in [-0.39, 0.29) is 35.8 Å². The van der Waals surface area contributed by atoms with Crippen molar-refractivity contribution in [2.45, 2.75) is 44.3 Å². The highest BCUT2D eigenvalue weighted by Crippen LogP contribution is 2.34. The van der Waals surface area contributed by atoms with Gasteiger partial charge in [-0.3, -0.25) is 19.1 Å². The summed E-state index contributed by atoms with van der Waals surface area (Å²) >= 11 is 1.06. The summed E-state index contributed by atoms with van der Waals surface area (Å²) < 4.78 is 38.3. The van der Waals surface area contributed by atoms with Gasteiger partial charge < -0.3 is 31.7 Å². The maximum Gasteiger partial charge on any atom is 0.362 e. The zero-order chi connectivity index (χ0) is 29.8. The van der Waals surface area contributed by atoms with Crippen LogP contribution in [0.2, 0.25) is 0 Å². The number of carbonyl (C=O) groups is 2. The number of β-lactam (4-membered cyclic amide) rings is 1. The maximum absolute atomic E-state index is 13.0. The summed E-state index contributed by atoms with van der Waals surface area (Å²) in [7, 11) is -4.80. The van der Waals surface area contributed by atoms with E-state index in [0.29, 0.717) is 15.9 Å². The topological polar surface area (TPSA) is 224 Å². The molecule has 222 valence electrons. The van der Waals surface area contributed by atoms with Crippen LogP contribution in [0.3, 0.4) is 0 Å². The van der Waals surface area contributed by atoms with Crippen molar-refractivity contribution in [1.82, 2.24) is 19.9 Å². The van der Waals surface area contributed by atoms with Crippen LogP contribution in [0.25, 0.3) is 0 Å². The van der Waals surface area contributed by atoms with Crippen LogP contribution in [0.1, 0.15) is 37.9 Å². The lowest BCUT2D eigenvalue weighted by atomic mass is 9.85. The van der Waals surface area contributed by atoms with Crippen molar-refractivity contribution in [2.75, 3.05) is 32.0 Å². The lowest BCUT2D eigenvalue weighted by Crippen LogP contribution is -2.77. The third-order valence-corrected chi connectivity index (χ3v) is 8.29. The number of nitrogens with one attached hydrogen (secondary N) is 2. The number of nitrogens with zero attached hydrogens (tertiary/aromatic N) is 4. The van der Waals surface area contributed by atoms with Crippen molar-refractivity contribution < 1.29 is 32.1 Å². The summed E-state index contributed by atoms with van der Waals surface area (Å²) in [5.41, 5.74) is 11.0. The number of ether oxygens (including phenoxy) is 1. The number of nitrogens with two attached hydrogens (primary N) is 2. The third-order valence-electron chi connectivity index (χ3n) is 6.50. The number of piperidine rings is 1. The van der Waals surface area contributed by atoms with Crippen LogP contribution in [0.15, 0.2) is 39.8 Å². The molecule has 1 aromatic heterocycles. The molecule has 0 saturated carbocycles. The average molecular weight is 609 g/mol. The van der Waals surface area contributed by atoms with Gasteiger partial charge in [-0.15, -0.1) is 11.3 Å². The molecule has 0 aliphatic carbocycles. The third kappa shape index (κ3) is 7.10. The number of carbonyl (C=O) groups excluding carboxylic acids is 2. The van der Waals surface area contributed by atoms with Crippen LogP contribution in [-0.4, -0.2) is 89.5 Å². The standard InChI is InChI=1S/C24H32N8O7S2/c1-24(2)19(22(34)32(24)41(35,36)37)30-21(33)18(17-13-40-23(26)29-17)31-39-11-10-38-16-7-5-14(6-8-16)20(25)28-15-4-3-9-27-12-15/h5-8,13,15,19,27H,3-4,9-12H2,1-2H3,(H2,25,28)(H2,26,29)(H,30,33)(H,35,36,37)/b31-18-/t15?,19-/m1/s1. The zero-order valence-electron chi connectivity index (χ0n) is 22.4. The number of hydrogen-bond acceptors (Lipinski definition) is 12. The van der Waals surface area contributed by atoms with Crippen LogP contribution in [0.5, 0.6) is 5.75 Å². The molecule has 41 heavy (non-hydrogen) atoms. The summed E-state index contributed by atoms with van der Waals surface area (Å²) in [5.74, 6) is -0.819. The van der Waals surface area contributed by atoms with Crippen LogP contribution in [-0.2, 0) is 24.7 Å². The summed E-state index contributed by atoms with van der Waals surface area (Å²) in [6.07, 6.45) is 2.07. The number of thiazole rings is 1. The Bertz CT molecular complexity index is 1430. The Balaban J connectivity index is 1.33. The van der Waals surface area contributed by atoms with Crippen LogP contribution >= 0.6 is 11.3 Å². The van der Waals surface area contributed by atoms with Gasteiger partial charge in [0.05, 0.1) is 11.6 Å². The van der Waals surface area contributed by atoms with Gasteiger partial charge in [-0.2, -0.15) is 8.42 Å². The number of anilines is 1. The molecule has 1 unspecified atom stereocenters. The number of amides is 2. The van der Waals surface area contributed by atoms with Crippen molar-refractivity contribution >= 4 is 50.1 Å². The van der Waals surface area contributed by atoms with Gasteiger partial charge in [-0.25, -0.2) is 9.29 Å². The molecule has 2 aliphatic heterocycles. The number of hydrogen-bond donors (Lipinski definition) is 5. The normalized spacial score (nSPS) is 21.2. The molecule has 1 aromatic carbocycles. The Labute approximate surface area is 240 Å². The van der Waals surface area contributed by atoms with Crippen LogP contribution in [0.4, 0.5) is 5.13 Å². The first-order valence-corrected chi connectivity index (χ1v) is 15.0. The van der Waals surface area contributed by atoms with E-state index < -0.39 is 33.7 Å². The minimum atomic E-state index is -4.80. The molecule has 4 rings (SSSR count). The fourth-order valence-corrected chi connectivity index (χ4v) is 6.03. The van der Waals surface area contributed by atoms with Gasteiger partial charge in [-0.1, -0.05) is 5.16 Å². The lowest BCUT2D eigenvalue weighted by molar-refractivity contribution is -0.151. The molecule has 0 bridgehead atoms. The van der Waals surface area contributed by atoms with Gasteiger partial charge in [0.1, 0.15) is 29.9 Å². The first kappa shape index (κ1) is 30.2. The van der Waals surface area contributed by atoms with E-state index in [1.165, 1.54) is 19.2 Å². The Morgan fingerprint density at radius 2 is 2.05 bits per heavy atom. The molecule has 17 heteroatoms. The molecule has 3 heterocycles. The first-order chi connectivity index (χ1) is 19.4. The van der Waals surface area contributed by atoms with Gasteiger partial charge in [0.15, 0.2) is 17.5 Å². The zero-order valence-corrected chi connectivity index (χ0v) is 24.1. The number of amidine groups is 1. The van der Waals surface area contributed by atoms with E-state index in [4.69, 9.17) is 21.0 Å². The van der Waals surface area contributed by atoms with Crippen molar-refractivity contribution in [3.63, 3.8) is 0 Å². The van der Waals surface area contributed by atoms with E-state index >= 15 is 0 Å². The molecule has 2 atom stereocenters. The maximum atomic E-state index is 13.0. The van der Waals surface area contributed by atoms with E-state index in [1.54, 1.807) is 12.1 Å². The Morgan fingerprint density at radius 1 is 1.32 bits per heavy atom. The van der Waals surface area contributed by atoms with E-state index in [0.717, 1.165) is 42.8 Å². The number of nitrogen functional groups attached to an aromatic ring is 1. The first-order valence-electron chi connectivity index (χ1n) is 12.7. The number of rotatable bonds is 11. The second kappa shape index (κ2) is 12.4. The summed E-state index contributed by atoms with van der Waals surface area (Å²) in [6, 6.07) is 6.05. The summed E-state index contributed by atoms with van der Waals surface area (Å²) in [4.78, 5) is 39.3. The van der Waals surface area contributed by atoms with Crippen LogP contribution < -0.4 is 26.8 Å². The minimum Gasteiger partial charge on any atom is -0.490 e. The quantitative estimate of drug-likeness (QED) is 0.0565. The number of aromatic nitrogens is 1. The van der Waals surface area contributed by atoms with Crippen molar-refractivity contribution in [3.8, 4) is 5.75 Å². The minimum absolute atomic E-state index is 0.0409. The van der Waals surface area contributed by atoms with Crippen molar-refractivity contribution in [3.05, 3.63) is 40.9 Å². The number of aliphatic imine (C=N–C) groups is 1. The van der Waals surface area contributed by atoms with E-state index in [2.05, 4.69) is 25.8 Å². The van der Waals surface area contributed by atoms with Gasteiger partial charge >= 0.3 is 10.3 Å². The van der Waals surface area contributed by atoms with Gasteiger partial charge in [-0.05, 0) is 57.5 Å². The second-order valence-electron chi connectivity index (χ2n) is 9.87. The van der Waals surface area contributed by atoms with Gasteiger partial charge in [0.25, 0.3) is 11.8 Å². The Morgan fingerprint density at radius 3 is 2.63 bits per heavy atom. The highest BCUT2D eigenvalue weighted by atomic mass is 32.2. The summed E-state index contributed by atoms with van der Waals surface area (Å²) in [5, 5.41) is 11.2. The molecule has 7 N–H and O–H groups in total. The highest BCUT2D eigenvalue weighted by Gasteiger charge is 2.60. The average Bonchev–Trinajstić information content (AvgIpc) is 3.34. The molecule has 2 aliphatic rings. The SMILES string of the molecule is CC1(C)[C@H](NC(=O)/C(=N\OCCOc2ccc(C(N)=NC3CCCNC3)cc2)c2csc(N)n2)C(=O)N1S(=O)(=O)O. The predicted octanol–water partition coefficient (Wildman–Crippen LogP) is -0.109. The van der Waals surface area contributed by atoms with Gasteiger partial charge in [0, 0.05) is 17.5 Å². The largest absolute Gasteiger partial charge is 0.490 e. The summed E-state index contributed by atoms with van der Waals surface area (Å²) in [6.45, 7) is 4.61. The molecule has 2 amide bonds. The lowest BCUT2D eigenvalue weighted by Gasteiger charge is -2.50. The van der Waals surface area contributed by atoms with E-state index in [1.807, 2.05) is 12.1 Å². The smallest absolute Gasteiger partial charge is 0.362 e. The molecule has 0 spiro atoms. The van der Waals surface area contributed by atoms with Gasteiger partial charge in [0.2, 0.25) is 0 Å².